The molecule has 128 valence electrons. The summed E-state index contributed by atoms with van der Waals surface area (Å²) < 4.78 is 0. The summed E-state index contributed by atoms with van der Waals surface area (Å²) in [6.45, 7) is 7.94. The summed E-state index contributed by atoms with van der Waals surface area (Å²) in [5.74, 6) is 0.144. The number of carbonyl (C=O) groups excluding carboxylic acids is 1. The SMILES string of the molecule is CCC(C)NC(=O)CC(c1ccccc1)c1ccc(C)c(C)c1O. The van der Waals surface area contributed by atoms with Crippen LogP contribution in [0.1, 0.15) is 54.9 Å². The molecule has 3 nitrogen and oxygen atoms in total. The first kappa shape index (κ1) is 18.1. The summed E-state index contributed by atoms with van der Waals surface area (Å²) in [4.78, 5) is 12.4. The van der Waals surface area contributed by atoms with Gasteiger partial charge in [-0.05, 0) is 43.9 Å². The molecule has 2 atom stereocenters. The number of hydrogen-bond acceptors (Lipinski definition) is 2. The third-order valence-electron chi connectivity index (χ3n) is 4.72. The van der Waals surface area contributed by atoms with E-state index in [9.17, 15) is 9.90 Å². The number of benzene rings is 2. The van der Waals surface area contributed by atoms with Crippen LogP contribution in [-0.2, 0) is 4.79 Å². The van der Waals surface area contributed by atoms with Crippen molar-refractivity contribution in [3.63, 3.8) is 0 Å². The van der Waals surface area contributed by atoms with Gasteiger partial charge in [-0.1, -0.05) is 49.4 Å². The summed E-state index contributed by atoms with van der Waals surface area (Å²) >= 11 is 0. The Morgan fingerprint density at radius 1 is 1.12 bits per heavy atom. The molecule has 2 N–H and O–H groups in total. The fourth-order valence-corrected chi connectivity index (χ4v) is 2.82. The van der Waals surface area contributed by atoms with Crippen LogP contribution < -0.4 is 5.32 Å². The predicted octanol–water partition coefficient (Wildman–Crippen LogP) is 4.45. The molecule has 0 saturated heterocycles. The highest BCUT2D eigenvalue weighted by molar-refractivity contribution is 5.78. The molecule has 0 radical (unpaired) electrons. The van der Waals surface area contributed by atoms with E-state index in [-0.39, 0.29) is 17.9 Å². The molecule has 0 heterocycles. The van der Waals surface area contributed by atoms with Crippen molar-refractivity contribution in [1.29, 1.82) is 0 Å². The van der Waals surface area contributed by atoms with Crippen LogP contribution in [0.25, 0.3) is 0 Å². The number of aryl methyl sites for hydroxylation is 1. The van der Waals surface area contributed by atoms with Gasteiger partial charge in [0, 0.05) is 23.9 Å². The minimum atomic E-state index is -0.158. The molecule has 24 heavy (non-hydrogen) atoms. The third-order valence-corrected chi connectivity index (χ3v) is 4.72. The van der Waals surface area contributed by atoms with Gasteiger partial charge >= 0.3 is 0 Å². The first-order valence-corrected chi connectivity index (χ1v) is 8.57. The highest BCUT2D eigenvalue weighted by atomic mass is 16.3. The van der Waals surface area contributed by atoms with Gasteiger partial charge in [-0.25, -0.2) is 0 Å². The summed E-state index contributed by atoms with van der Waals surface area (Å²) in [5.41, 5.74) is 3.77. The van der Waals surface area contributed by atoms with Crippen LogP contribution >= 0.6 is 0 Å². The number of rotatable bonds is 6. The Morgan fingerprint density at radius 3 is 2.42 bits per heavy atom. The number of phenolic OH excluding ortho intramolecular Hbond substituents is 1. The number of carbonyl (C=O) groups is 1. The monoisotopic (exact) mass is 325 g/mol. The maximum atomic E-state index is 12.4. The maximum absolute atomic E-state index is 12.4. The molecule has 2 rings (SSSR count). The molecule has 0 aliphatic carbocycles. The van der Waals surface area contributed by atoms with Crippen LogP contribution in [0.15, 0.2) is 42.5 Å². The van der Waals surface area contributed by atoms with Crippen molar-refractivity contribution >= 4 is 5.91 Å². The number of hydrogen-bond donors (Lipinski definition) is 2. The largest absolute Gasteiger partial charge is 0.507 e. The van der Waals surface area contributed by atoms with Gasteiger partial charge < -0.3 is 10.4 Å². The normalized spacial score (nSPS) is 13.3. The second kappa shape index (κ2) is 8.00. The summed E-state index contributed by atoms with van der Waals surface area (Å²) in [7, 11) is 0. The van der Waals surface area contributed by atoms with E-state index in [0.29, 0.717) is 12.2 Å². The molecule has 1 amide bonds. The summed E-state index contributed by atoms with van der Waals surface area (Å²) in [6.07, 6.45) is 1.22. The Morgan fingerprint density at radius 2 is 1.79 bits per heavy atom. The second-order valence-electron chi connectivity index (χ2n) is 6.49. The first-order chi connectivity index (χ1) is 11.4. The Hall–Kier alpha value is -2.29. The predicted molar refractivity (Wildman–Crippen MR) is 98.4 cm³/mol. The van der Waals surface area contributed by atoms with Gasteiger partial charge in [-0.15, -0.1) is 0 Å². The number of nitrogens with one attached hydrogen (secondary N) is 1. The molecule has 0 aromatic heterocycles. The van der Waals surface area contributed by atoms with Gasteiger partial charge in [0.2, 0.25) is 5.91 Å². The van der Waals surface area contributed by atoms with Crippen molar-refractivity contribution < 1.29 is 9.90 Å². The highest BCUT2D eigenvalue weighted by Gasteiger charge is 2.22. The summed E-state index contributed by atoms with van der Waals surface area (Å²) in [6, 6.07) is 14.0. The van der Waals surface area contributed by atoms with Gasteiger partial charge in [0.15, 0.2) is 0 Å². The van der Waals surface area contributed by atoms with E-state index in [4.69, 9.17) is 0 Å². The lowest BCUT2D eigenvalue weighted by molar-refractivity contribution is -0.121. The van der Waals surface area contributed by atoms with E-state index in [0.717, 1.165) is 28.7 Å². The van der Waals surface area contributed by atoms with E-state index >= 15 is 0 Å². The van der Waals surface area contributed by atoms with E-state index in [2.05, 4.69) is 12.2 Å². The molecule has 0 saturated carbocycles. The third kappa shape index (κ3) is 4.16. The van der Waals surface area contributed by atoms with Gasteiger partial charge in [0.05, 0.1) is 0 Å². The van der Waals surface area contributed by atoms with Crippen LogP contribution in [0.4, 0.5) is 0 Å². The van der Waals surface area contributed by atoms with E-state index in [1.807, 2.05) is 63.2 Å². The Kier molecular flexibility index (Phi) is 6.02. The zero-order valence-electron chi connectivity index (χ0n) is 15.0. The minimum absolute atomic E-state index is 0.0100. The number of aromatic hydroxyl groups is 1. The Balaban J connectivity index is 2.38. The molecule has 0 bridgehead atoms. The second-order valence-corrected chi connectivity index (χ2v) is 6.49. The first-order valence-electron chi connectivity index (χ1n) is 8.57. The zero-order chi connectivity index (χ0) is 17.7. The molecule has 0 aliphatic heterocycles. The Bertz CT molecular complexity index is 694. The van der Waals surface area contributed by atoms with E-state index in [1.54, 1.807) is 0 Å². The van der Waals surface area contributed by atoms with Crippen LogP contribution in [0, 0.1) is 13.8 Å². The number of amides is 1. The Labute approximate surface area is 144 Å². The lowest BCUT2D eigenvalue weighted by Crippen LogP contribution is -2.33. The van der Waals surface area contributed by atoms with Crippen LogP contribution in [0.5, 0.6) is 5.75 Å². The van der Waals surface area contributed by atoms with Gasteiger partial charge in [0.25, 0.3) is 0 Å². The van der Waals surface area contributed by atoms with Crippen LogP contribution in [-0.4, -0.2) is 17.1 Å². The van der Waals surface area contributed by atoms with E-state index in [1.165, 1.54) is 0 Å². The van der Waals surface area contributed by atoms with Gasteiger partial charge in [-0.3, -0.25) is 4.79 Å². The highest BCUT2D eigenvalue weighted by Crippen LogP contribution is 2.36. The number of phenols is 1. The molecule has 2 unspecified atom stereocenters. The molecule has 0 fully saturated rings. The lowest BCUT2D eigenvalue weighted by atomic mass is 9.86. The fourth-order valence-electron chi connectivity index (χ4n) is 2.82. The zero-order valence-corrected chi connectivity index (χ0v) is 15.0. The van der Waals surface area contributed by atoms with Crippen molar-refractivity contribution in [1.82, 2.24) is 5.32 Å². The molecule has 2 aromatic carbocycles. The molecule has 2 aromatic rings. The molecular formula is C21H27NO2. The van der Waals surface area contributed by atoms with Crippen molar-refractivity contribution in [3.8, 4) is 5.75 Å². The minimum Gasteiger partial charge on any atom is -0.507 e. The van der Waals surface area contributed by atoms with Gasteiger partial charge in [-0.2, -0.15) is 0 Å². The molecule has 0 spiro atoms. The maximum Gasteiger partial charge on any atom is 0.221 e. The topological polar surface area (TPSA) is 49.3 Å². The van der Waals surface area contributed by atoms with Crippen molar-refractivity contribution in [2.24, 2.45) is 0 Å². The standard InChI is InChI=1S/C21H27NO2/c1-5-15(3)22-20(23)13-19(17-9-7-6-8-10-17)18-12-11-14(2)16(4)21(18)24/h6-12,15,19,24H,5,13H2,1-4H3,(H,22,23). The average molecular weight is 325 g/mol. The molecular weight excluding hydrogens is 298 g/mol. The van der Waals surface area contributed by atoms with Crippen LogP contribution in [0.3, 0.4) is 0 Å². The van der Waals surface area contributed by atoms with Crippen molar-refractivity contribution in [3.05, 3.63) is 64.7 Å². The lowest BCUT2D eigenvalue weighted by Gasteiger charge is -2.21. The molecule has 0 aliphatic rings. The molecule has 3 heteroatoms. The van der Waals surface area contributed by atoms with Crippen molar-refractivity contribution in [2.75, 3.05) is 0 Å². The summed E-state index contributed by atoms with van der Waals surface area (Å²) in [5, 5.41) is 13.6. The van der Waals surface area contributed by atoms with Crippen LogP contribution in [0.2, 0.25) is 0 Å². The van der Waals surface area contributed by atoms with Crippen molar-refractivity contribution in [2.45, 2.75) is 52.5 Å². The quantitative estimate of drug-likeness (QED) is 0.824. The van der Waals surface area contributed by atoms with Gasteiger partial charge in [0.1, 0.15) is 5.75 Å². The average Bonchev–Trinajstić information content (AvgIpc) is 2.59. The fraction of sp³-hybridized carbons (Fsp3) is 0.381. The smallest absolute Gasteiger partial charge is 0.221 e. The van der Waals surface area contributed by atoms with E-state index < -0.39 is 0 Å².